The number of aryl methyl sites for hydroxylation is 2. The van der Waals surface area contributed by atoms with Crippen molar-refractivity contribution in [3.8, 4) is 0 Å². The second-order valence-corrected chi connectivity index (χ2v) is 7.92. The molecule has 2 saturated heterocycles. The Balaban J connectivity index is 1.32. The molecule has 1 amide bonds. The van der Waals surface area contributed by atoms with Crippen molar-refractivity contribution in [2.45, 2.75) is 39.2 Å². The van der Waals surface area contributed by atoms with Gasteiger partial charge in [-0.15, -0.1) is 0 Å². The van der Waals surface area contributed by atoms with Crippen LogP contribution in [-0.2, 0) is 11.2 Å². The summed E-state index contributed by atoms with van der Waals surface area (Å²) in [4.78, 5) is 19.8. The van der Waals surface area contributed by atoms with Crippen molar-refractivity contribution in [1.29, 1.82) is 0 Å². The molecule has 7 nitrogen and oxygen atoms in total. The van der Waals surface area contributed by atoms with E-state index in [1.807, 2.05) is 11.8 Å². The van der Waals surface area contributed by atoms with Gasteiger partial charge in [-0.1, -0.05) is 28.5 Å². The van der Waals surface area contributed by atoms with Crippen molar-refractivity contribution in [1.82, 2.24) is 20.1 Å². The first-order chi connectivity index (χ1) is 13.6. The van der Waals surface area contributed by atoms with E-state index >= 15 is 0 Å². The maximum Gasteiger partial charge on any atom is 0.228 e. The minimum atomic E-state index is 0.127. The highest BCUT2D eigenvalue weighted by molar-refractivity contribution is 5.78. The third kappa shape index (κ3) is 4.04. The summed E-state index contributed by atoms with van der Waals surface area (Å²) < 4.78 is 4.72. The van der Waals surface area contributed by atoms with Gasteiger partial charge in [-0.25, -0.2) is 4.63 Å². The predicted molar refractivity (Wildman–Crippen MR) is 107 cm³/mol. The average Bonchev–Trinajstić information content (AvgIpc) is 3.13. The van der Waals surface area contributed by atoms with Gasteiger partial charge in [-0.2, -0.15) is 0 Å². The van der Waals surface area contributed by atoms with Crippen LogP contribution in [0.3, 0.4) is 0 Å². The fourth-order valence-corrected chi connectivity index (χ4v) is 4.39. The second kappa shape index (κ2) is 8.31. The molecular weight excluding hydrogens is 354 g/mol. The van der Waals surface area contributed by atoms with E-state index in [0.29, 0.717) is 17.4 Å². The summed E-state index contributed by atoms with van der Waals surface area (Å²) in [6.45, 7) is 9.83. The van der Waals surface area contributed by atoms with Crippen molar-refractivity contribution in [2.75, 3.05) is 44.2 Å². The number of rotatable bonds is 4. The van der Waals surface area contributed by atoms with Crippen LogP contribution in [0.4, 0.5) is 5.69 Å². The Bertz CT molecular complexity index is 813. The minimum Gasteiger partial charge on any atom is -0.369 e. The molecule has 0 radical (unpaired) electrons. The molecule has 2 aliphatic heterocycles. The van der Waals surface area contributed by atoms with Crippen LogP contribution in [0.15, 0.2) is 28.9 Å². The monoisotopic (exact) mass is 383 g/mol. The summed E-state index contributed by atoms with van der Waals surface area (Å²) in [5.74, 6) is 0.127. The fourth-order valence-electron chi connectivity index (χ4n) is 4.39. The number of para-hydroxylation sites is 1. The molecule has 0 spiro atoms. The first-order valence-corrected chi connectivity index (χ1v) is 10.2. The first kappa shape index (κ1) is 18.9. The molecule has 7 heteroatoms. The lowest BCUT2D eigenvalue weighted by molar-refractivity contribution is -0.132. The molecule has 0 saturated carbocycles. The van der Waals surface area contributed by atoms with Crippen molar-refractivity contribution < 1.29 is 9.42 Å². The van der Waals surface area contributed by atoms with Gasteiger partial charge in [0.05, 0.1) is 6.42 Å². The van der Waals surface area contributed by atoms with Crippen LogP contribution in [-0.4, -0.2) is 71.3 Å². The number of carbonyl (C=O) groups excluding carboxylic acids is 1. The molecule has 150 valence electrons. The van der Waals surface area contributed by atoms with Crippen molar-refractivity contribution in [3.05, 3.63) is 41.2 Å². The van der Waals surface area contributed by atoms with E-state index in [9.17, 15) is 4.79 Å². The van der Waals surface area contributed by atoms with Crippen LogP contribution in [0.5, 0.6) is 0 Å². The van der Waals surface area contributed by atoms with Gasteiger partial charge in [0.2, 0.25) is 5.91 Å². The number of piperazine rings is 1. The number of hydrogen-bond acceptors (Lipinski definition) is 6. The summed E-state index contributed by atoms with van der Waals surface area (Å²) in [7, 11) is 0. The standard InChI is InChI=1S/C21H29N5O2/c1-16-6-3-4-8-20(16)25-12-10-24(11-13-25)18-7-5-9-26(15-18)21(27)14-19-17(2)22-28-23-19/h3-4,6,8,18H,5,7,9-15H2,1-2H3/t18-/m0/s1. The zero-order chi connectivity index (χ0) is 19.5. The van der Waals surface area contributed by atoms with E-state index in [1.54, 1.807) is 0 Å². The molecule has 0 unspecified atom stereocenters. The summed E-state index contributed by atoms with van der Waals surface area (Å²) in [5, 5.41) is 7.63. The topological polar surface area (TPSA) is 65.7 Å². The van der Waals surface area contributed by atoms with Gasteiger partial charge in [0.25, 0.3) is 0 Å². The number of anilines is 1. The largest absolute Gasteiger partial charge is 0.369 e. The zero-order valence-corrected chi connectivity index (χ0v) is 16.8. The lowest BCUT2D eigenvalue weighted by Gasteiger charge is -2.44. The number of amides is 1. The molecule has 4 rings (SSSR count). The normalized spacial score (nSPS) is 21.1. The maximum atomic E-state index is 12.7. The highest BCUT2D eigenvalue weighted by Crippen LogP contribution is 2.23. The van der Waals surface area contributed by atoms with Crippen LogP contribution in [0.2, 0.25) is 0 Å². The quantitative estimate of drug-likeness (QED) is 0.805. The molecule has 2 aromatic rings. The van der Waals surface area contributed by atoms with E-state index < -0.39 is 0 Å². The van der Waals surface area contributed by atoms with Gasteiger partial charge < -0.3 is 9.80 Å². The van der Waals surface area contributed by atoms with Gasteiger partial charge in [0.1, 0.15) is 11.4 Å². The number of aromatic nitrogens is 2. The van der Waals surface area contributed by atoms with E-state index in [-0.39, 0.29) is 12.3 Å². The Kier molecular flexibility index (Phi) is 5.62. The minimum absolute atomic E-state index is 0.127. The maximum absolute atomic E-state index is 12.7. The first-order valence-electron chi connectivity index (χ1n) is 10.2. The summed E-state index contributed by atoms with van der Waals surface area (Å²) >= 11 is 0. The summed E-state index contributed by atoms with van der Waals surface area (Å²) in [6.07, 6.45) is 2.51. The lowest BCUT2D eigenvalue weighted by atomic mass is 10.0. The van der Waals surface area contributed by atoms with Gasteiger partial charge in [0, 0.05) is 51.0 Å². The number of likely N-dealkylation sites (tertiary alicyclic amines) is 1. The molecule has 2 fully saturated rings. The number of carbonyl (C=O) groups is 1. The molecule has 3 heterocycles. The molecule has 28 heavy (non-hydrogen) atoms. The third-order valence-corrected chi connectivity index (χ3v) is 6.10. The van der Waals surface area contributed by atoms with Crippen LogP contribution in [0.1, 0.15) is 29.8 Å². The molecule has 0 bridgehead atoms. The van der Waals surface area contributed by atoms with Gasteiger partial charge in [0.15, 0.2) is 0 Å². The highest BCUT2D eigenvalue weighted by Gasteiger charge is 2.30. The van der Waals surface area contributed by atoms with E-state index in [4.69, 9.17) is 4.63 Å². The molecule has 1 atom stereocenters. The molecule has 0 aliphatic carbocycles. The number of benzene rings is 1. The Labute approximate surface area is 166 Å². The number of hydrogen-bond donors (Lipinski definition) is 0. The van der Waals surface area contributed by atoms with E-state index in [0.717, 1.165) is 45.7 Å². The Morgan fingerprint density at radius 2 is 1.89 bits per heavy atom. The average molecular weight is 383 g/mol. The Hall–Kier alpha value is -2.41. The second-order valence-electron chi connectivity index (χ2n) is 7.92. The lowest BCUT2D eigenvalue weighted by Crippen LogP contribution is -2.56. The van der Waals surface area contributed by atoms with E-state index in [2.05, 4.69) is 51.3 Å². The predicted octanol–water partition coefficient (Wildman–Crippen LogP) is 2.04. The molecule has 1 aromatic heterocycles. The number of nitrogens with zero attached hydrogens (tertiary/aromatic N) is 5. The van der Waals surface area contributed by atoms with Crippen LogP contribution in [0, 0.1) is 13.8 Å². The van der Waals surface area contributed by atoms with Crippen molar-refractivity contribution in [3.63, 3.8) is 0 Å². The van der Waals surface area contributed by atoms with Crippen LogP contribution >= 0.6 is 0 Å². The van der Waals surface area contributed by atoms with Crippen LogP contribution < -0.4 is 4.90 Å². The third-order valence-electron chi connectivity index (χ3n) is 6.10. The fraction of sp³-hybridized carbons (Fsp3) is 0.571. The van der Waals surface area contributed by atoms with E-state index in [1.165, 1.54) is 17.7 Å². The molecular formula is C21H29N5O2. The van der Waals surface area contributed by atoms with Crippen LogP contribution in [0.25, 0.3) is 0 Å². The zero-order valence-electron chi connectivity index (χ0n) is 16.8. The van der Waals surface area contributed by atoms with Crippen molar-refractivity contribution in [2.24, 2.45) is 0 Å². The molecule has 2 aliphatic rings. The number of piperidine rings is 1. The smallest absolute Gasteiger partial charge is 0.228 e. The molecule has 0 N–H and O–H groups in total. The van der Waals surface area contributed by atoms with Crippen molar-refractivity contribution >= 4 is 11.6 Å². The molecule has 1 aromatic carbocycles. The van der Waals surface area contributed by atoms with Gasteiger partial charge in [-0.05, 0) is 38.3 Å². The Morgan fingerprint density at radius 1 is 1.11 bits per heavy atom. The van der Waals surface area contributed by atoms with Gasteiger partial charge in [-0.3, -0.25) is 9.69 Å². The highest BCUT2D eigenvalue weighted by atomic mass is 16.6. The van der Waals surface area contributed by atoms with Gasteiger partial charge >= 0.3 is 0 Å². The summed E-state index contributed by atoms with van der Waals surface area (Å²) in [6, 6.07) is 9.06. The SMILES string of the molecule is Cc1ccccc1N1CCN([C@H]2CCCN(C(=O)Cc3nonc3C)C2)CC1. The Morgan fingerprint density at radius 3 is 2.61 bits per heavy atom. The summed E-state index contributed by atoms with van der Waals surface area (Å²) in [5.41, 5.74) is 4.04.